The van der Waals surface area contributed by atoms with E-state index in [1.54, 1.807) is 36.4 Å². The molecule has 11 heteroatoms. The molecule has 4 rings (SSSR count). The van der Waals surface area contributed by atoms with Crippen molar-refractivity contribution in [2.45, 2.75) is 25.3 Å². The number of halogens is 1. The Kier molecular flexibility index (Phi) is 7.52. The minimum Gasteiger partial charge on any atom is -0.490 e. The Morgan fingerprint density at radius 1 is 1.09 bits per heavy atom. The number of carbonyl (C=O) groups is 4. The normalized spacial score (nSPS) is 17.4. The van der Waals surface area contributed by atoms with Crippen LogP contribution in [0, 0.1) is 0 Å². The maximum Gasteiger partial charge on any atom is 0.264 e. The van der Waals surface area contributed by atoms with E-state index >= 15 is 0 Å². The molecule has 2 aliphatic rings. The van der Waals surface area contributed by atoms with Crippen LogP contribution in [0.4, 0.5) is 11.4 Å². The summed E-state index contributed by atoms with van der Waals surface area (Å²) in [6, 6.07) is 8.96. The maximum atomic E-state index is 13.1. The Morgan fingerprint density at radius 2 is 1.91 bits per heavy atom. The Labute approximate surface area is 206 Å². The molecule has 1 fully saturated rings. The molecule has 0 saturated carbocycles. The fourth-order valence-electron chi connectivity index (χ4n) is 4.00. The highest BCUT2D eigenvalue weighted by Gasteiger charge is 2.45. The zero-order valence-corrected chi connectivity index (χ0v) is 19.6. The first-order chi connectivity index (χ1) is 16.9. The summed E-state index contributed by atoms with van der Waals surface area (Å²) in [5.74, 6) is -1.62. The summed E-state index contributed by atoms with van der Waals surface area (Å²) in [6.07, 6.45) is 0.831. The van der Waals surface area contributed by atoms with E-state index in [0.29, 0.717) is 54.9 Å². The Morgan fingerprint density at radius 3 is 2.71 bits per heavy atom. The predicted molar refractivity (Wildman–Crippen MR) is 128 cm³/mol. The number of imide groups is 2. The molecule has 4 amide bonds. The number of piperidine rings is 1. The Bertz CT molecular complexity index is 1170. The van der Waals surface area contributed by atoms with Gasteiger partial charge in [0.25, 0.3) is 11.8 Å². The first kappa shape index (κ1) is 24.5. The molecule has 1 unspecified atom stereocenters. The largest absolute Gasteiger partial charge is 0.490 e. The van der Waals surface area contributed by atoms with E-state index < -0.39 is 29.7 Å². The minimum atomic E-state index is -0.995. The number of hydrogen-bond donors (Lipinski definition) is 3. The molecule has 1 atom stereocenters. The van der Waals surface area contributed by atoms with Crippen LogP contribution in [0.1, 0.15) is 40.0 Å². The molecule has 0 aliphatic carbocycles. The first-order valence-corrected chi connectivity index (χ1v) is 11.6. The van der Waals surface area contributed by atoms with E-state index in [1.165, 1.54) is 0 Å². The standard InChI is InChI=1S/C24H25ClN4O6/c25-16-6-5-14(26)13-19(16)35-12-11-34-10-2-9-27-17-4-1-3-15-21(17)24(33)29(23(15)32)18-7-8-20(30)28-22(18)31/h1,3-6,13,18,27H,2,7-12,26H2,(H,28,30,31). The van der Waals surface area contributed by atoms with Gasteiger partial charge in [0, 0.05) is 37.0 Å². The number of nitrogens with zero attached hydrogens (tertiary/aromatic N) is 1. The minimum absolute atomic E-state index is 0.0758. The number of anilines is 2. The number of hydrogen-bond acceptors (Lipinski definition) is 8. The summed E-state index contributed by atoms with van der Waals surface area (Å²) in [4.78, 5) is 50.5. The van der Waals surface area contributed by atoms with E-state index in [2.05, 4.69) is 10.6 Å². The molecule has 0 spiro atoms. The summed E-state index contributed by atoms with van der Waals surface area (Å²) >= 11 is 6.05. The molecule has 10 nitrogen and oxygen atoms in total. The highest BCUT2D eigenvalue weighted by Crippen LogP contribution is 2.32. The van der Waals surface area contributed by atoms with Gasteiger partial charge in [0.1, 0.15) is 18.4 Å². The van der Waals surface area contributed by atoms with Crippen molar-refractivity contribution in [2.75, 3.05) is 37.4 Å². The number of nitrogen functional groups attached to an aromatic ring is 1. The van der Waals surface area contributed by atoms with Gasteiger partial charge in [-0.2, -0.15) is 0 Å². The smallest absolute Gasteiger partial charge is 0.264 e. The van der Waals surface area contributed by atoms with Crippen molar-refractivity contribution < 1.29 is 28.7 Å². The number of nitrogens with one attached hydrogen (secondary N) is 2. The lowest BCUT2D eigenvalue weighted by molar-refractivity contribution is -0.136. The third kappa shape index (κ3) is 5.39. The van der Waals surface area contributed by atoms with Gasteiger partial charge < -0.3 is 20.5 Å². The van der Waals surface area contributed by atoms with Gasteiger partial charge >= 0.3 is 0 Å². The summed E-state index contributed by atoms with van der Waals surface area (Å²) in [5, 5.41) is 5.84. The Hall–Kier alpha value is -3.63. The number of amides is 4. The monoisotopic (exact) mass is 500 g/mol. The van der Waals surface area contributed by atoms with E-state index in [1.807, 2.05) is 0 Å². The highest BCUT2D eigenvalue weighted by molar-refractivity contribution is 6.32. The van der Waals surface area contributed by atoms with Gasteiger partial charge in [-0.3, -0.25) is 29.4 Å². The van der Waals surface area contributed by atoms with Crippen LogP contribution in [-0.4, -0.2) is 60.9 Å². The van der Waals surface area contributed by atoms with Crippen LogP contribution < -0.4 is 21.1 Å². The fraction of sp³-hybridized carbons (Fsp3) is 0.333. The zero-order chi connectivity index (χ0) is 24.9. The van der Waals surface area contributed by atoms with Gasteiger partial charge in [0.15, 0.2) is 0 Å². The van der Waals surface area contributed by atoms with Crippen LogP contribution in [0.5, 0.6) is 5.75 Å². The molecule has 184 valence electrons. The molecule has 2 aliphatic heterocycles. The van der Waals surface area contributed by atoms with Gasteiger partial charge in [-0.05, 0) is 37.1 Å². The third-order valence-electron chi connectivity index (χ3n) is 5.69. The molecule has 2 aromatic carbocycles. The summed E-state index contributed by atoms with van der Waals surface area (Å²) in [5.41, 5.74) is 7.25. The summed E-state index contributed by atoms with van der Waals surface area (Å²) in [7, 11) is 0. The second-order valence-corrected chi connectivity index (χ2v) is 8.51. The highest BCUT2D eigenvalue weighted by atomic mass is 35.5. The molecule has 0 radical (unpaired) electrons. The lowest BCUT2D eigenvalue weighted by Gasteiger charge is -2.27. The van der Waals surface area contributed by atoms with Gasteiger partial charge in [-0.15, -0.1) is 0 Å². The number of ether oxygens (including phenoxy) is 2. The average molecular weight is 501 g/mol. The van der Waals surface area contributed by atoms with Crippen LogP contribution in [0.15, 0.2) is 36.4 Å². The topological polar surface area (TPSA) is 140 Å². The lowest BCUT2D eigenvalue weighted by Crippen LogP contribution is -2.54. The lowest BCUT2D eigenvalue weighted by atomic mass is 10.0. The molecule has 2 aromatic rings. The molecule has 0 aromatic heterocycles. The van der Waals surface area contributed by atoms with Crippen molar-refractivity contribution in [2.24, 2.45) is 0 Å². The van der Waals surface area contributed by atoms with E-state index in [9.17, 15) is 19.2 Å². The molecule has 0 bridgehead atoms. The number of fused-ring (bicyclic) bond motifs is 1. The van der Waals surface area contributed by atoms with E-state index in [4.69, 9.17) is 26.8 Å². The summed E-state index contributed by atoms with van der Waals surface area (Å²) < 4.78 is 11.1. The van der Waals surface area contributed by atoms with Crippen LogP contribution in [0.3, 0.4) is 0 Å². The number of rotatable bonds is 10. The third-order valence-corrected chi connectivity index (χ3v) is 6.00. The number of benzene rings is 2. The number of carbonyl (C=O) groups excluding carboxylic acids is 4. The van der Waals surface area contributed by atoms with Crippen molar-refractivity contribution in [3.63, 3.8) is 0 Å². The van der Waals surface area contributed by atoms with Crippen molar-refractivity contribution in [1.82, 2.24) is 10.2 Å². The van der Waals surface area contributed by atoms with Gasteiger partial charge in [-0.1, -0.05) is 17.7 Å². The van der Waals surface area contributed by atoms with Crippen LogP contribution in [0.2, 0.25) is 5.02 Å². The number of nitrogens with two attached hydrogens (primary N) is 1. The average Bonchev–Trinajstić information content (AvgIpc) is 3.08. The van der Waals surface area contributed by atoms with Gasteiger partial charge in [0.05, 0.1) is 22.8 Å². The molecule has 35 heavy (non-hydrogen) atoms. The SMILES string of the molecule is Nc1ccc(Cl)c(OCCOCCCNc2cccc3c2C(=O)N(C2CCC(=O)NC2=O)C3=O)c1. The van der Waals surface area contributed by atoms with E-state index in [0.717, 1.165) is 4.90 Å². The predicted octanol–water partition coefficient (Wildman–Crippen LogP) is 2.22. The maximum absolute atomic E-state index is 13.1. The molecular weight excluding hydrogens is 476 g/mol. The van der Waals surface area contributed by atoms with Crippen molar-refractivity contribution in [1.29, 1.82) is 0 Å². The molecule has 4 N–H and O–H groups in total. The molecule has 2 heterocycles. The summed E-state index contributed by atoms with van der Waals surface area (Å²) in [6.45, 7) is 1.62. The van der Waals surface area contributed by atoms with Crippen LogP contribution in [0.25, 0.3) is 0 Å². The van der Waals surface area contributed by atoms with Crippen molar-refractivity contribution >= 4 is 46.6 Å². The molecule has 1 saturated heterocycles. The van der Waals surface area contributed by atoms with Crippen LogP contribution >= 0.6 is 11.6 Å². The first-order valence-electron chi connectivity index (χ1n) is 11.2. The van der Waals surface area contributed by atoms with Gasteiger partial charge in [0.2, 0.25) is 11.8 Å². The van der Waals surface area contributed by atoms with E-state index in [-0.39, 0.29) is 24.0 Å². The second kappa shape index (κ2) is 10.7. The zero-order valence-electron chi connectivity index (χ0n) is 18.8. The van der Waals surface area contributed by atoms with Crippen molar-refractivity contribution in [3.05, 3.63) is 52.5 Å². The second-order valence-electron chi connectivity index (χ2n) is 8.11. The van der Waals surface area contributed by atoms with Crippen molar-refractivity contribution in [3.8, 4) is 5.75 Å². The quantitative estimate of drug-likeness (QED) is 0.256. The fourth-order valence-corrected chi connectivity index (χ4v) is 4.17. The van der Waals surface area contributed by atoms with Gasteiger partial charge in [-0.25, -0.2) is 0 Å². The van der Waals surface area contributed by atoms with Crippen LogP contribution in [-0.2, 0) is 14.3 Å². The molecular formula is C24H25ClN4O6. The Balaban J connectivity index is 1.25.